The molecule has 0 aromatic heterocycles. The van der Waals surface area contributed by atoms with E-state index in [2.05, 4.69) is 5.32 Å². The van der Waals surface area contributed by atoms with Crippen LogP contribution >= 0.6 is 11.6 Å². The van der Waals surface area contributed by atoms with Gasteiger partial charge in [-0.25, -0.2) is 0 Å². The van der Waals surface area contributed by atoms with Gasteiger partial charge in [-0.1, -0.05) is 54.1 Å². The SMILES string of the molecule is O=C(O)Cc1cccc(OCc2ccc(Cl)cc2)c1NC(=O)c1ccccc1. The minimum Gasteiger partial charge on any atom is -0.487 e. The molecule has 0 fully saturated rings. The van der Waals surface area contributed by atoms with Gasteiger partial charge in [0.05, 0.1) is 12.1 Å². The van der Waals surface area contributed by atoms with Crippen LogP contribution in [0.1, 0.15) is 21.5 Å². The second kappa shape index (κ2) is 9.06. The maximum Gasteiger partial charge on any atom is 0.307 e. The van der Waals surface area contributed by atoms with Crippen molar-refractivity contribution in [3.63, 3.8) is 0 Å². The van der Waals surface area contributed by atoms with Gasteiger partial charge in [-0.15, -0.1) is 0 Å². The van der Waals surface area contributed by atoms with E-state index in [9.17, 15) is 14.7 Å². The van der Waals surface area contributed by atoms with E-state index in [-0.39, 0.29) is 18.9 Å². The molecular formula is C22H18ClNO4. The van der Waals surface area contributed by atoms with Gasteiger partial charge in [-0.05, 0) is 41.5 Å². The predicted octanol–water partition coefficient (Wildman–Crippen LogP) is 4.80. The molecule has 2 N–H and O–H groups in total. The summed E-state index contributed by atoms with van der Waals surface area (Å²) in [6.45, 7) is 0.252. The zero-order chi connectivity index (χ0) is 19.9. The lowest BCUT2D eigenvalue weighted by molar-refractivity contribution is -0.136. The molecule has 0 spiro atoms. The van der Waals surface area contributed by atoms with Gasteiger partial charge in [0.1, 0.15) is 12.4 Å². The van der Waals surface area contributed by atoms with E-state index in [0.717, 1.165) is 5.56 Å². The number of carboxylic acids is 1. The molecule has 0 saturated carbocycles. The number of nitrogens with one attached hydrogen (secondary N) is 1. The highest BCUT2D eigenvalue weighted by atomic mass is 35.5. The Kier molecular flexibility index (Phi) is 6.29. The summed E-state index contributed by atoms with van der Waals surface area (Å²) in [5, 5.41) is 12.6. The summed E-state index contributed by atoms with van der Waals surface area (Å²) in [7, 11) is 0. The number of anilines is 1. The highest BCUT2D eigenvalue weighted by molar-refractivity contribution is 6.30. The number of para-hydroxylation sites is 1. The Morgan fingerprint density at radius 3 is 2.32 bits per heavy atom. The van der Waals surface area contributed by atoms with Gasteiger partial charge in [0.25, 0.3) is 5.91 Å². The number of halogens is 1. The van der Waals surface area contributed by atoms with Crippen molar-refractivity contribution in [2.45, 2.75) is 13.0 Å². The van der Waals surface area contributed by atoms with Crippen LogP contribution in [0.2, 0.25) is 5.02 Å². The molecule has 0 aliphatic heterocycles. The third-order valence-corrected chi connectivity index (χ3v) is 4.29. The molecule has 0 atom stereocenters. The van der Waals surface area contributed by atoms with Crippen molar-refractivity contribution >= 4 is 29.2 Å². The second-order valence-electron chi connectivity index (χ2n) is 6.10. The van der Waals surface area contributed by atoms with Gasteiger partial charge in [-0.2, -0.15) is 0 Å². The molecule has 0 heterocycles. The van der Waals surface area contributed by atoms with E-state index in [1.54, 1.807) is 54.6 Å². The Labute approximate surface area is 167 Å². The first-order valence-corrected chi connectivity index (χ1v) is 8.98. The van der Waals surface area contributed by atoms with Gasteiger partial charge in [0.15, 0.2) is 0 Å². The van der Waals surface area contributed by atoms with Gasteiger partial charge < -0.3 is 15.2 Å². The number of carbonyl (C=O) groups excluding carboxylic acids is 1. The molecular weight excluding hydrogens is 378 g/mol. The molecule has 6 heteroatoms. The first-order chi connectivity index (χ1) is 13.5. The lowest BCUT2D eigenvalue weighted by Gasteiger charge is -2.16. The average Bonchev–Trinajstić information content (AvgIpc) is 2.69. The lowest BCUT2D eigenvalue weighted by Crippen LogP contribution is -2.15. The normalized spacial score (nSPS) is 10.3. The van der Waals surface area contributed by atoms with Gasteiger partial charge in [0.2, 0.25) is 0 Å². The van der Waals surface area contributed by atoms with E-state index in [1.807, 2.05) is 18.2 Å². The molecule has 3 aromatic rings. The quantitative estimate of drug-likeness (QED) is 0.602. The Balaban J connectivity index is 1.86. The Hall–Kier alpha value is -3.31. The summed E-state index contributed by atoms with van der Waals surface area (Å²) in [5.74, 6) is -0.933. The maximum absolute atomic E-state index is 12.6. The Morgan fingerprint density at radius 1 is 0.929 bits per heavy atom. The summed E-state index contributed by atoms with van der Waals surface area (Å²) >= 11 is 5.89. The number of hydrogen-bond donors (Lipinski definition) is 2. The minimum atomic E-state index is -0.995. The van der Waals surface area contributed by atoms with Crippen LogP contribution in [0.25, 0.3) is 0 Å². The zero-order valence-corrected chi connectivity index (χ0v) is 15.6. The minimum absolute atomic E-state index is 0.234. The van der Waals surface area contributed by atoms with Crippen LogP contribution in [0.5, 0.6) is 5.75 Å². The molecule has 3 rings (SSSR count). The number of aliphatic carboxylic acids is 1. The fraction of sp³-hybridized carbons (Fsp3) is 0.0909. The zero-order valence-electron chi connectivity index (χ0n) is 14.9. The molecule has 0 unspecified atom stereocenters. The fourth-order valence-corrected chi connectivity index (χ4v) is 2.79. The van der Waals surface area contributed by atoms with Gasteiger partial charge in [0, 0.05) is 10.6 Å². The maximum atomic E-state index is 12.6. The van der Waals surface area contributed by atoms with Crippen molar-refractivity contribution < 1.29 is 19.4 Å². The summed E-state index contributed by atoms with van der Waals surface area (Å²) < 4.78 is 5.87. The lowest BCUT2D eigenvalue weighted by atomic mass is 10.1. The van der Waals surface area contributed by atoms with Gasteiger partial charge in [-0.3, -0.25) is 9.59 Å². The van der Waals surface area contributed by atoms with Crippen molar-refractivity contribution in [1.29, 1.82) is 0 Å². The molecule has 3 aromatic carbocycles. The summed E-state index contributed by atoms with van der Waals surface area (Å²) in [5.41, 5.74) is 2.18. The van der Waals surface area contributed by atoms with Crippen LogP contribution in [0, 0.1) is 0 Å². The van der Waals surface area contributed by atoms with E-state index >= 15 is 0 Å². The van der Waals surface area contributed by atoms with Crippen molar-refractivity contribution in [2.75, 3.05) is 5.32 Å². The monoisotopic (exact) mass is 395 g/mol. The van der Waals surface area contributed by atoms with Crippen LogP contribution in [0.3, 0.4) is 0 Å². The summed E-state index contributed by atoms with van der Waals surface area (Å²) in [6, 6.07) is 21.0. The van der Waals surface area contributed by atoms with E-state index < -0.39 is 5.97 Å². The molecule has 0 radical (unpaired) electrons. The Morgan fingerprint density at radius 2 is 1.64 bits per heavy atom. The first kappa shape index (κ1) is 19.5. The van der Waals surface area contributed by atoms with Crippen molar-refractivity contribution in [3.05, 3.63) is 94.5 Å². The first-order valence-electron chi connectivity index (χ1n) is 8.60. The largest absolute Gasteiger partial charge is 0.487 e. The third kappa shape index (κ3) is 5.11. The van der Waals surface area contributed by atoms with Crippen LogP contribution in [0.4, 0.5) is 5.69 Å². The molecule has 0 aliphatic rings. The number of benzene rings is 3. The third-order valence-electron chi connectivity index (χ3n) is 4.04. The molecule has 0 aliphatic carbocycles. The fourth-order valence-electron chi connectivity index (χ4n) is 2.67. The number of amides is 1. The van der Waals surface area contributed by atoms with E-state index in [0.29, 0.717) is 27.6 Å². The predicted molar refractivity (Wildman–Crippen MR) is 108 cm³/mol. The van der Waals surface area contributed by atoms with Crippen LogP contribution in [-0.2, 0) is 17.8 Å². The molecule has 1 amide bonds. The molecule has 28 heavy (non-hydrogen) atoms. The van der Waals surface area contributed by atoms with Crippen molar-refractivity contribution in [3.8, 4) is 5.75 Å². The topological polar surface area (TPSA) is 75.6 Å². The average molecular weight is 396 g/mol. The summed E-state index contributed by atoms with van der Waals surface area (Å²) in [6.07, 6.45) is -0.234. The van der Waals surface area contributed by atoms with Crippen LogP contribution in [-0.4, -0.2) is 17.0 Å². The number of ether oxygens (including phenoxy) is 1. The van der Waals surface area contributed by atoms with Crippen molar-refractivity contribution in [2.24, 2.45) is 0 Å². The number of carbonyl (C=O) groups is 2. The van der Waals surface area contributed by atoms with Gasteiger partial charge >= 0.3 is 5.97 Å². The molecule has 0 saturated heterocycles. The Bertz CT molecular complexity index is 972. The molecule has 0 bridgehead atoms. The number of hydrogen-bond acceptors (Lipinski definition) is 3. The second-order valence-corrected chi connectivity index (χ2v) is 6.53. The van der Waals surface area contributed by atoms with Crippen LogP contribution < -0.4 is 10.1 Å². The van der Waals surface area contributed by atoms with Crippen molar-refractivity contribution in [1.82, 2.24) is 0 Å². The van der Waals surface area contributed by atoms with Crippen LogP contribution in [0.15, 0.2) is 72.8 Å². The van der Waals surface area contributed by atoms with E-state index in [4.69, 9.17) is 16.3 Å². The smallest absolute Gasteiger partial charge is 0.307 e. The highest BCUT2D eigenvalue weighted by Gasteiger charge is 2.16. The highest BCUT2D eigenvalue weighted by Crippen LogP contribution is 2.30. The summed E-state index contributed by atoms with van der Waals surface area (Å²) in [4.78, 5) is 23.8. The molecule has 142 valence electrons. The number of rotatable bonds is 7. The molecule has 5 nitrogen and oxygen atoms in total. The standard InChI is InChI=1S/C22H18ClNO4/c23-18-11-9-15(10-12-18)14-28-19-8-4-7-17(13-20(25)26)21(19)24-22(27)16-5-2-1-3-6-16/h1-12H,13-14H2,(H,24,27)(H,25,26). The van der Waals surface area contributed by atoms with E-state index in [1.165, 1.54) is 0 Å². The number of carboxylic acid groups (broad SMARTS) is 1.